The monoisotopic (exact) mass is 269 g/mol. The van der Waals surface area contributed by atoms with Gasteiger partial charge in [-0.05, 0) is 12.1 Å². The van der Waals surface area contributed by atoms with Crippen LogP contribution in [-0.4, -0.2) is 33.1 Å². The van der Waals surface area contributed by atoms with Gasteiger partial charge in [0.25, 0.3) is 0 Å². The van der Waals surface area contributed by atoms with Crippen molar-refractivity contribution in [1.82, 2.24) is 0 Å². The van der Waals surface area contributed by atoms with Gasteiger partial charge in [0.15, 0.2) is 0 Å². The molecule has 0 N–H and O–H groups in total. The number of ether oxygens (including phenoxy) is 2. The van der Waals surface area contributed by atoms with Crippen LogP contribution < -0.4 is 9.64 Å². The molecule has 0 aliphatic rings. The lowest BCUT2D eigenvalue weighted by atomic mass is 10.2. The third-order valence-electron chi connectivity index (χ3n) is 2.65. The molecule has 0 aliphatic carbocycles. The predicted octanol–water partition coefficient (Wildman–Crippen LogP) is 1.75. The zero-order valence-corrected chi connectivity index (χ0v) is 11.1. The molecule has 0 unspecified atom stereocenters. The van der Waals surface area contributed by atoms with E-state index in [2.05, 4.69) is 4.74 Å². The minimum Gasteiger partial charge on any atom is -0.495 e. The Morgan fingerprint density at radius 2 is 1.95 bits per heavy atom. The molecule has 0 aromatic heterocycles. The standard InChI is InChI=1S/C13H16FNO4/c1-15(12(16)6-7-13(17)19-3)10-8-9(14)4-5-11(10)18-2/h4-5,8H,6-7H2,1-3H3. The van der Waals surface area contributed by atoms with Crippen molar-refractivity contribution in [2.75, 3.05) is 26.2 Å². The van der Waals surface area contributed by atoms with Gasteiger partial charge in [0, 0.05) is 19.5 Å². The van der Waals surface area contributed by atoms with Crippen LogP contribution in [-0.2, 0) is 14.3 Å². The summed E-state index contributed by atoms with van der Waals surface area (Å²) in [5, 5.41) is 0. The number of halogens is 1. The topological polar surface area (TPSA) is 55.8 Å². The summed E-state index contributed by atoms with van der Waals surface area (Å²) in [5.41, 5.74) is 0.317. The van der Waals surface area contributed by atoms with Gasteiger partial charge in [-0.3, -0.25) is 9.59 Å². The zero-order chi connectivity index (χ0) is 14.4. The number of hydrogen-bond acceptors (Lipinski definition) is 4. The van der Waals surface area contributed by atoms with Gasteiger partial charge in [-0.25, -0.2) is 4.39 Å². The van der Waals surface area contributed by atoms with E-state index in [0.717, 1.165) is 0 Å². The maximum atomic E-state index is 13.2. The Morgan fingerprint density at radius 3 is 2.53 bits per heavy atom. The molecule has 0 aliphatic heterocycles. The van der Waals surface area contributed by atoms with Crippen LogP contribution in [0, 0.1) is 5.82 Å². The Balaban J connectivity index is 2.81. The molecule has 1 aromatic carbocycles. The Labute approximate surface area is 110 Å². The molecule has 6 heteroatoms. The fourth-order valence-electron chi connectivity index (χ4n) is 1.54. The summed E-state index contributed by atoms with van der Waals surface area (Å²) in [6.45, 7) is 0. The van der Waals surface area contributed by atoms with Gasteiger partial charge in [0.1, 0.15) is 11.6 Å². The summed E-state index contributed by atoms with van der Waals surface area (Å²) in [7, 11) is 4.19. The van der Waals surface area contributed by atoms with Crippen LogP contribution in [0.5, 0.6) is 5.75 Å². The van der Waals surface area contributed by atoms with Crippen molar-refractivity contribution in [3.63, 3.8) is 0 Å². The van der Waals surface area contributed by atoms with Crippen LogP contribution in [0.3, 0.4) is 0 Å². The molecular formula is C13H16FNO4. The van der Waals surface area contributed by atoms with Crippen molar-refractivity contribution < 1.29 is 23.5 Å². The van der Waals surface area contributed by atoms with Crippen LogP contribution >= 0.6 is 0 Å². The maximum absolute atomic E-state index is 13.2. The molecule has 1 aromatic rings. The number of amides is 1. The van der Waals surface area contributed by atoms with Crippen molar-refractivity contribution in [1.29, 1.82) is 0 Å². The molecule has 5 nitrogen and oxygen atoms in total. The summed E-state index contributed by atoms with van der Waals surface area (Å²) in [5.74, 6) is -0.874. The molecule has 19 heavy (non-hydrogen) atoms. The summed E-state index contributed by atoms with van der Waals surface area (Å²) in [6, 6.07) is 3.89. The number of methoxy groups -OCH3 is 2. The van der Waals surface area contributed by atoms with Crippen LogP contribution in [0.4, 0.5) is 10.1 Å². The molecule has 104 valence electrons. The normalized spacial score (nSPS) is 9.89. The number of rotatable bonds is 5. The van der Waals surface area contributed by atoms with E-state index in [9.17, 15) is 14.0 Å². The maximum Gasteiger partial charge on any atom is 0.306 e. The average Bonchev–Trinajstić information content (AvgIpc) is 2.43. The van der Waals surface area contributed by atoms with Crippen molar-refractivity contribution in [3.8, 4) is 5.75 Å². The van der Waals surface area contributed by atoms with Crippen LogP contribution in [0.2, 0.25) is 0 Å². The summed E-state index contributed by atoms with van der Waals surface area (Å²) in [4.78, 5) is 24.1. The number of esters is 1. The highest BCUT2D eigenvalue weighted by Gasteiger charge is 2.17. The highest BCUT2D eigenvalue weighted by molar-refractivity contribution is 5.95. The number of nitrogens with zero attached hydrogens (tertiary/aromatic N) is 1. The van der Waals surface area contributed by atoms with Crippen LogP contribution in [0.1, 0.15) is 12.8 Å². The van der Waals surface area contributed by atoms with E-state index in [0.29, 0.717) is 11.4 Å². The van der Waals surface area contributed by atoms with Crippen molar-refractivity contribution >= 4 is 17.6 Å². The van der Waals surface area contributed by atoms with E-state index >= 15 is 0 Å². The van der Waals surface area contributed by atoms with E-state index in [4.69, 9.17) is 4.74 Å². The smallest absolute Gasteiger partial charge is 0.306 e. The van der Waals surface area contributed by atoms with Crippen LogP contribution in [0.15, 0.2) is 18.2 Å². The highest BCUT2D eigenvalue weighted by Crippen LogP contribution is 2.28. The van der Waals surface area contributed by atoms with Crippen molar-refractivity contribution in [3.05, 3.63) is 24.0 Å². The molecular weight excluding hydrogens is 253 g/mol. The molecule has 1 rings (SSSR count). The van der Waals surface area contributed by atoms with Gasteiger partial charge >= 0.3 is 5.97 Å². The summed E-state index contributed by atoms with van der Waals surface area (Å²) < 4.78 is 22.7. The van der Waals surface area contributed by atoms with Crippen LogP contribution in [0.25, 0.3) is 0 Å². The Kier molecular flexibility index (Phi) is 5.29. The molecule has 0 atom stereocenters. The molecule has 0 heterocycles. The molecule has 0 fully saturated rings. The Bertz CT molecular complexity index is 476. The van der Waals surface area contributed by atoms with Crippen molar-refractivity contribution in [2.24, 2.45) is 0 Å². The second-order valence-electron chi connectivity index (χ2n) is 3.85. The second kappa shape index (κ2) is 6.72. The first-order valence-electron chi connectivity index (χ1n) is 5.66. The van der Waals surface area contributed by atoms with Crippen molar-refractivity contribution in [2.45, 2.75) is 12.8 Å². The number of carbonyl (C=O) groups is 2. The minimum atomic E-state index is -0.469. The second-order valence-corrected chi connectivity index (χ2v) is 3.85. The minimum absolute atomic E-state index is 0.0111. The van der Waals surface area contributed by atoms with E-state index in [1.54, 1.807) is 0 Å². The van der Waals surface area contributed by atoms with E-state index in [-0.39, 0.29) is 18.7 Å². The van der Waals surface area contributed by atoms with Gasteiger partial charge in [-0.15, -0.1) is 0 Å². The first-order chi connectivity index (χ1) is 8.99. The molecule has 0 bridgehead atoms. The largest absolute Gasteiger partial charge is 0.495 e. The average molecular weight is 269 g/mol. The third kappa shape index (κ3) is 3.94. The lowest BCUT2D eigenvalue weighted by Gasteiger charge is -2.19. The lowest BCUT2D eigenvalue weighted by Crippen LogP contribution is -2.27. The van der Waals surface area contributed by atoms with E-state index < -0.39 is 11.8 Å². The van der Waals surface area contributed by atoms with Gasteiger partial charge in [-0.1, -0.05) is 0 Å². The zero-order valence-electron chi connectivity index (χ0n) is 11.1. The fraction of sp³-hybridized carbons (Fsp3) is 0.385. The highest BCUT2D eigenvalue weighted by atomic mass is 19.1. The fourth-order valence-corrected chi connectivity index (χ4v) is 1.54. The van der Waals surface area contributed by atoms with Gasteiger partial charge in [-0.2, -0.15) is 0 Å². The molecule has 1 amide bonds. The number of carbonyl (C=O) groups excluding carboxylic acids is 2. The predicted molar refractivity (Wildman–Crippen MR) is 67.6 cm³/mol. The quantitative estimate of drug-likeness (QED) is 0.764. The van der Waals surface area contributed by atoms with Gasteiger partial charge < -0.3 is 14.4 Å². The number of benzene rings is 1. The Hall–Kier alpha value is -2.11. The number of hydrogen-bond donors (Lipinski definition) is 0. The lowest BCUT2D eigenvalue weighted by molar-refractivity contribution is -0.141. The summed E-state index contributed by atoms with van der Waals surface area (Å²) in [6.07, 6.45) is -0.0276. The molecule has 0 spiro atoms. The number of anilines is 1. The van der Waals surface area contributed by atoms with Gasteiger partial charge in [0.2, 0.25) is 5.91 Å². The first kappa shape index (κ1) is 14.9. The van der Waals surface area contributed by atoms with E-state index in [1.165, 1.54) is 44.4 Å². The Morgan fingerprint density at radius 1 is 1.26 bits per heavy atom. The van der Waals surface area contributed by atoms with Gasteiger partial charge in [0.05, 0.1) is 26.3 Å². The van der Waals surface area contributed by atoms with E-state index in [1.807, 2.05) is 0 Å². The molecule has 0 radical (unpaired) electrons. The molecule has 0 saturated carbocycles. The first-order valence-corrected chi connectivity index (χ1v) is 5.66. The third-order valence-corrected chi connectivity index (χ3v) is 2.65. The summed E-state index contributed by atoms with van der Waals surface area (Å²) >= 11 is 0. The SMILES string of the molecule is COC(=O)CCC(=O)N(C)c1cc(F)ccc1OC. The molecule has 0 saturated heterocycles.